The molecule has 0 saturated carbocycles. The van der Waals surface area contributed by atoms with Crippen LogP contribution in [0.2, 0.25) is 0 Å². The zero-order chi connectivity index (χ0) is 20.2. The highest BCUT2D eigenvalue weighted by Crippen LogP contribution is 2.32. The van der Waals surface area contributed by atoms with E-state index in [0.717, 1.165) is 29.1 Å². The van der Waals surface area contributed by atoms with E-state index in [0.29, 0.717) is 25.0 Å². The Bertz CT molecular complexity index is 747. The molecule has 2 N–H and O–H groups in total. The van der Waals surface area contributed by atoms with Gasteiger partial charge in [0.1, 0.15) is 5.75 Å². The number of carbonyl (C=O) groups excluding carboxylic acids is 1. The Morgan fingerprint density at radius 2 is 2.00 bits per heavy atom. The maximum atomic E-state index is 12.5. The van der Waals surface area contributed by atoms with Crippen LogP contribution in [0.1, 0.15) is 25.7 Å². The lowest BCUT2D eigenvalue weighted by Crippen LogP contribution is -2.03. The molecule has 28 heavy (non-hydrogen) atoms. The lowest BCUT2D eigenvalue weighted by Gasteiger charge is -2.05. The van der Waals surface area contributed by atoms with Crippen LogP contribution in [-0.4, -0.2) is 41.6 Å². The molecule has 0 amide bonds. The Morgan fingerprint density at radius 3 is 2.71 bits per heavy atom. The highest BCUT2D eigenvalue weighted by molar-refractivity contribution is 8.03. The molecule has 0 aliphatic heterocycles. The third kappa shape index (κ3) is 7.15. The SMILES string of the molecule is CSC1=CC(=CCCCOc2ccccc2)/C(=C/C=C\C(O)CCCO)C1=O. The van der Waals surface area contributed by atoms with Gasteiger partial charge >= 0.3 is 0 Å². The summed E-state index contributed by atoms with van der Waals surface area (Å²) in [5.41, 5.74) is 1.57. The summed E-state index contributed by atoms with van der Waals surface area (Å²) in [5, 5.41) is 18.6. The van der Waals surface area contributed by atoms with Crippen molar-refractivity contribution in [2.45, 2.75) is 31.8 Å². The van der Waals surface area contributed by atoms with E-state index >= 15 is 0 Å². The number of rotatable bonds is 11. The van der Waals surface area contributed by atoms with Crippen LogP contribution in [0.3, 0.4) is 0 Å². The predicted octanol–water partition coefficient (Wildman–Crippen LogP) is 4.22. The van der Waals surface area contributed by atoms with Gasteiger partial charge in [0, 0.05) is 12.2 Å². The molecule has 0 heterocycles. The molecular weight excluding hydrogens is 372 g/mol. The number of hydrogen-bond donors (Lipinski definition) is 2. The molecule has 1 aromatic carbocycles. The van der Waals surface area contributed by atoms with Gasteiger partial charge in [0.25, 0.3) is 0 Å². The van der Waals surface area contributed by atoms with Crippen LogP contribution in [0.15, 0.2) is 76.8 Å². The molecule has 1 aliphatic rings. The Morgan fingerprint density at radius 1 is 1.21 bits per heavy atom. The molecule has 1 aliphatic carbocycles. The normalized spacial score (nSPS) is 18.2. The summed E-state index contributed by atoms with van der Waals surface area (Å²) < 4.78 is 5.70. The lowest BCUT2D eigenvalue weighted by atomic mass is 10.1. The number of ether oxygens (including phenoxy) is 1. The summed E-state index contributed by atoms with van der Waals surface area (Å²) in [5.74, 6) is 0.884. The van der Waals surface area contributed by atoms with Crippen molar-refractivity contribution in [3.8, 4) is 5.75 Å². The second-order valence-electron chi connectivity index (χ2n) is 6.40. The van der Waals surface area contributed by atoms with E-state index in [9.17, 15) is 9.90 Å². The topological polar surface area (TPSA) is 66.8 Å². The summed E-state index contributed by atoms with van der Waals surface area (Å²) in [6.45, 7) is 0.684. The third-order valence-electron chi connectivity index (χ3n) is 4.26. The van der Waals surface area contributed by atoms with Crippen molar-refractivity contribution in [3.05, 3.63) is 76.8 Å². The van der Waals surface area contributed by atoms with Crippen molar-refractivity contribution < 1.29 is 19.7 Å². The number of para-hydroxylation sites is 1. The summed E-state index contributed by atoms with van der Waals surface area (Å²) >= 11 is 1.44. The minimum atomic E-state index is -0.615. The van der Waals surface area contributed by atoms with Gasteiger partial charge in [0.15, 0.2) is 5.78 Å². The van der Waals surface area contributed by atoms with Crippen LogP contribution in [0.25, 0.3) is 0 Å². The summed E-state index contributed by atoms with van der Waals surface area (Å²) in [6, 6.07) is 9.72. The predicted molar refractivity (Wildman–Crippen MR) is 115 cm³/mol. The van der Waals surface area contributed by atoms with E-state index in [1.54, 1.807) is 18.2 Å². The Hall–Kier alpha value is -2.08. The number of ketones is 1. The first-order chi connectivity index (χ1) is 13.7. The number of allylic oxidation sites excluding steroid dienone is 7. The fraction of sp³-hybridized carbons (Fsp3) is 0.348. The molecule has 0 bridgehead atoms. The number of benzene rings is 1. The van der Waals surface area contributed by atoms with E-state index in [1.165, 1.54) is 11.8 Å². The molecule has 0 aromatic heterocycles. The van der Waals surface area contributed by atoms with Gasteiger partial charge in [-0.05, 0) is 55.7 Å². The zero-order valence-electron chi connectivity index (χ0n) is 16.2. The van der Waals surface area contributed by atoms with Gasteiger partial charge in [-0.3, -0.25) is 4.79 Å². The smallest absolute Gasteiger partial charge is 0.199 e. The summed E-state index contributed by atoms with van der Waals surface area (Å²) in [4.78, 5) is 13.2. The minimum Gasteiger partial charge on any atom is -0.494 e. The van der Waals surface area contributed by atoms with E-state index in [2.05, 4.69) is 6.08 Å². The number of hydrogen-bond acceptors (Lipinski definition) is 5. The minimum absolute atomic E-state index is 0.0220. The largest absolute Gasteiger partial charge is 0.494 e. The quantitative estimate of drug-likeness (QED) is 0.430. The zero-order valence-corrected chi connectivity index (χ0v) is 17.0. The number of carbonyl (C=O) groups is 1. The van der Waals surface area contributed by atoms with Crippen LogP contribution in [-0.2, 0) is 4.79 Å². The molecule has 1 unspecified atom stereocenters. The third-order valence-corrected chi connectivity index (χ3v) is 5.01. The number of aliphatic hydroxyl groups is 2. The average molecular weight is 401 g/mol. The maximum absolute atomic E-state index is 12.5. The Balaban J connectivity index is 1.93. The van der Waals surface area contributed by atoms with Crippen molar-refractivity contribution in [1.82, 2.24) is 0 Å². The van der Waals surface area contributed by atoms with Crippen molar-refractivity contribution >= 4 is 17.5 Å². The van der Waals surface area contributed by atoms with Crippen molar-refractivity contribution in [2.24, 2.45) is 0 Å². The Kier molecular flexibility index (Phi) is 9.83. The van der Waals surface area contributed by atoms with Crippen molar-refractivity contribution in [3.63, 3.8) is 0 Å². The molecular formula is C23H28O4S. The van der Waals surface area contributed by atoms with Gasteiger partial charge in [0.05, 0.1) is 17.6 Å². The van der Waals surface area contributed by atoms with Crippen molar-refractivity contribution in [1.29, 1.82) is 0 Å². The first kappa shape index (κ1) is 22.2. The average Bonchev–Trinajstić information content (AvgIpc) is 3.02. The van der Waals surface area contributed by atoms with Crippen molar-refractivity contribution in [2.75, 3.05) is 19.5 Å². The van der Waals surface area contributed by atoms with Crippen LogP contribution in [0.4, 0.5) is 0 Å². The summed E-state index contributed by atoms with van der Waals surface area (Å²) in [7, 11) is 0. The van der Waals surface area contributed by atoms with E-state index < -0.39 is 6.10 Å². The fourth-order valence-electron chi connectivity index (χ4n) is 2.77. The fourth-order valence-corrected chi connectivity index (χ4v) is 3.31. The molecule has 150 valence electrons. The molecule has 0 radical (unpaired) electrons. The molecule has 1 atom stereocenters. The van der Waals surface area contributed by atoms with E-state index in [1.807, 2.05) is 42.7 Å². The van der Waals surface area contributed by atoms with Gasteiger partial charge in [-0.25, -0.2) is 0 Å². The van der Waals surface area contributed by atoms with Gasteiger partial charge in [0.2, 0.25) is 0 Å². The molecule has 0 fully saturated rings. The van der Waals surface area contributed by atoms with Gasteiger partial charge in [-0.15, -0.1) is 11.8 Å². The molecule has 1 aromatic rings. The van der Waals surface area contributed by atoms with Crippen LogP contribution >= 0.6 is 11.8 Å². The monoisotopic (exact) mass is 400 g/mol. The van der Waals surface area contributed by atoms with Gasteiger partial charge in [-0.2, -0.15) is 0 Å². The van der Waals surface area contributed by atoms with Crippen LogP contribution < -0.4 is 4.74 Å². The van der Waals surface area contributed by atoms with Gasteiger partial charge < -0.3 is 14.9 Å². The van der Waals surface area contributed by atoms with Crippen LogP contribution in [0.5, 0.6) is 5.75 Å². The lowest BCUT2D eigenvalue weighted by molar-refractivity contribution is -0.111. The highest BCUT2D eigenvalue weighted by atomic mass is 32.2. The molecule has 0 saturated heterocycles. The second kappa shape index (κ2) is 12.4. The van der Waals surface area contributed by atoms with Gasteiger partial charge in [-0.1, -0.05) is 42.5 Å². The maximum Gasteiger partial charge on any atom is 0.199 e. The first-order valence-electron chi connectivity index (χ1n) is 9.52. The van der Waals surface area contributed by atoms with Crippen LogP contribution in [0, 0.1) is 0 Å². The molecule has 5 heteroatoms. The first-order valence-corrected chi connectivity index (χ1v) is 10.7. The summed E-state index contributed by atoms with van der Waals surface area (Å²) in [6.07, 6.45) is 13.1. The number of aliphatic hydroxyl groups excluding tert-OH is 2. The van der Waals surface area contributed by atoms with E-state index in [4.69, 9.17) is 9.84 Å². The second-order valence-corrected chi connectivity index (χ2v) is 7.25. The Labute approximate surface area is 171 Å². The van der Waals surface area contributed by atoms with E-state index in [-0.39, 0.29) is 12.4 Å². The molecule has 4 nitrogen and oxygen atoms in total. The highest BCUT2D eigenvalue weighted by Gasteiger charge is 2.23. The number of Topliss-reactive ketones (excluding diaryl/α,β-unsaturated/α-hetero) is 1. The molecule has 2 rings (SSSR count). The molecule has 0 spiro atoms. The number of unbranched alkanes of at least 4 members (excludes halogenated alkanes) is 1. The standard InChI is InChI=1S/C23H28O4S/c1-28-22-17-18(9-5-6-16-27-20-12-3-2-4-13-20)21(23(22)26)14-7-10-19(25)11-8-15-24/h2-4,7,9-10,12-14,17,19,24-25H,5-6,8,11,15-16H2,1H3/b10-7-,18-9?,21-14-. The number of thioether (sulfide) groups is 1.